The molecule has 0 aliphatic rings. The summed E-state index contributed by atoms with van der Waals surface area (Å²) in [5.74, 6) is 1.11. The van der Waals surface area contributed by atoms with Gasteiger partial charge in [-0.1, -0.05) is 23.7 Å². The van der Waals surface area contributed by atoms with Crippen LogP contribution in [0.25, 0.3) is 11.4 Å². The van der Waals surface area contributed by atoms with Crippen molar-refractivity contribution in [2.24, 2.45) is 0 Å². The van der Waals surface area contributed by atoms with E-state index in [1.54, 1.807) is 49.8 Å². The molecule has 1 aromatic heterocycles. The number of anilines is 1. The van der Waals surface area contributed by atoms with Crippen LogP contribution in [0.1, 0.15) is 10.4 Å². The first kappa shape index (κ1) is 15.1. The monoisotopic (exact) mass is 327 g/mol. The molecule has 0 saturated heterocycles. The van der Waals surface area contributed by atoms with Gasteiger partial charge < -0.3 is 15.0 Å². The number of methoxy groups -OCH3 is 1. The molecule has 23 heavy (non-hydrogen) atoms. The number of nitrogens with zero attached hydrogens (tertiary/aromatic N) is 1. The molecule has 0 spiro atoms. The summed E-state index contributed by atoms with van der Waals surface area (Å²) in [5.41, 5.74) is 2.07. The number of hydrogen-bond acceptors (Lipinski definition) is 3. The molecule has 6 heteroatoms. The highest BCUT2D eigenvalue weighted by Crippen LogP contribution is 2.27. The average molecular weight is 328 g/mol. The molecule has 3 aromatic rings. The number of nitrogens with one attached hydrogen (secondary N) is 2. The lowest BCUT2D eigenvalue weighted by atomic mass is 10.1. The predicted molar refractivity (Wildman–Crippen MR) is 90.0 cm³/mol. The average Bonchev–Trinajstić information content (AvgIpc) is 3.09. The van der Waals surface area contributed by atoms with Crippen LogP contribution in [0.2, 0.25) is 5.02 Å². The summed E-state index contributed by atoms with van der Waals surface area (Å²) in [5, 5.41) is 3.25. The van der Waals surface area contributed by atoms with Crippen LogP contribution in [0, 0.1) is 0 Å². The zero-order chi connectivity index (χ0) is 16.2. The molecule has 0 atom stereocenters. The lowest BCUT2D eigenvalue weighted by molar-refractivity contribution is 0.102. The molecule has 1 heterocycles. The number of benzene rings is 2. The van der Waals surface area contributed by atoms with Crippen molar-refractivity contribution in [2.45, 2.75) is 0 Å². The third-order valence-electron chi connectivity index (χ3n) is 3.33. The highest BCUT2D eigenvalue weighted by atomic mass is 35.5. The second-order valence-electron chi connectivity index (χ2n) is 4.82. The van der Waals surface area contributed by atoms with Gasteiger partial charge in [0.25, 0.3) is 5.91 Å². The van der Waals surface area contributed by atoms with E-state index in [-0.39, 0.29) is 5.91 Å². The van der Waals surface area contributed by atoms with Crippen LogP contribution in [0.5, 0.6) is 5.75 Å². The van der Waals surface area contributed by atoms with Gasteiger partial charge in [-0.2, -0.15) is 0 Å². The number of amides is 1. The number of rotatable bonds is 4. The molecule has 0 aliphatic heterocycles. The number of carbonyl (C=O) groups excluding carboxylic acids is 1. The smallest absolute Gasteiger partial charge is 0.255 e. The Bertz CT molecular complexity index is 814. The van der Waals surface area contributed by atoms with Crippen LogP contribution < -0.4 is 10.1 Å². The first-order valence-corrected chi connectivity index (χ1v) is 7.30. The highest BCUT2D eigenvalue weighted by Gasteiger charge is 2.09. The number of halogens is 1. The van der Waals surface area contributed by atoms with Gasteiger partial charge in [-0.25, -0.2) is 4.98 Å². The molecular weight excluding hydrogens is 314 g/mol. The first-order chi connectivity index (χ1) is 11.2. The van der Waals surface area contributed by atoms with Crippen molar-refractivity contribution >= 4 is 23.2 Å². The molecule has 1 amide bonds. The van der Waals surface area contributed by atoms with Crippen LogP contribution in [-0.4, -0.2) is 23.0 Å². The molecule has 3 rings (SSSR count). The Labute approximate surface area is 138 Å². The first-order valence-electron chi connectivity index (χ1n) is 6.92. The maximum atomic E-state index is 12.3. The predicted octanol–water partition coefficient (Wildman–Crippen LogP) is 3.99. The van der Waals surface area contributed by atoms with E-state index >= 15 is 0 Å². The van der Waals surface area contributed by atoms with Gasteiger partial charge in [0.05, 0.1) is 12.1 Å². The Hall–Kier alpha value is -2.79. The zero-order valence-corrected chi connectivity index (χ0v) is 13.1. The van der Waals surface area contributed by atoms with Crippen molar-refractivity contribution < 1.29 is 9.53 Å². The van der Waals surface area contributed by atoms with Gasteiger partial charge >= 0.3 is 0 Å². The van der Waals surface area contributed by atoms with Crippen molar-refractivity contribution in [3.8, 4) is 17.1 Å². The van der Waals surface area contributed by atoms with Crippen LogP contribution in [0.4, 0.5) is 5.69 Å². The largest absolute Gasteiger partial charge is 0.495 e. The number of imidazole rings is 1. The van der Waals surface area contributed by atoms with Crippen molar-refractivity contribution in [1.82, 2.24) is 9.97 Å². The van der Waals surface area contributed by atoms with Gasteiger partial charge in [0, 0.05) is 29.2 Å². The molecule has 0 saturated carbocycles. The van der Waals surface area contributed by atoms with Gasteiger partial charge in [-0.05, 0) is 30.3 Å². The molecular formula is C17H14ClN3O2. The molecule has 2 N–H and O–H groups in total. The van der Waals surface area contributed by atoms with Crippen LogP contribution in [0.15, 0.2) is 54.9 Å². The number of aromatic amines is 1. The highest BCUT2D eigenvalue weighted by molar-refractivity contribution is 6.32. The Morgan fingerprint density at radius 1 is 1.22 bits per heavy atom. The number of H-pyrrole nitrogens is 1. The third-order valence-corrected chi connectivity index (χ3v) is 3.62. The number of carbonyl (C=O) groups is 1. The minimum absolute atomic E-state index is 0.211. The van der Waals surface area contributed by atoms with Crippen LogP contribution >= 0.6 is 11.6 Å². The molecule has 0 aliphatic carbocycles. The van der Waals surface area contributed by atoms with E-state index in [2.05, 4.69) is 15.3 Å². The maximum absolute atomic E-state index is 12.3. The van der Waals surface area contributed by atoms with E-state index in [1.165, 1.54) is 0 Å². The minimum Gasteiger partial charge on any atom is -0.495 e. The normalized spacial score (nSPS) is 10.3. The fourth-order valence-electron chi connectivity index (χ4n) is 2.15. The van der Waals surface area contributed by atoms with Crippen LogP contribution in [-0.2, 0) is 0 Å². The second-order valence-corrected chi connectivity index (χ2v) is 5.23. The van der Waals surface area contributed by atoms with Gasteiger partial charge in [-0.15, -0.1) is 0 Å². The lowest BCUT2D eigenvalue weighted by Crippen LogP contribution is -2.11. The van der Waals surface area contributed by atoms with Crippen molar-refractivity contribution in [3.05, 3.63) is 65.4 Å². The van der Waals surface area contributed by atoms with Gasteiger partial charge in [0.15, 0.2) is 0 Å². The minimum atomic E-state index is -0.211. The van der Waals surface area contributed by atoms with Crippen molar-refractivity contribution in [2.75, 3.05) is 12.4 Å². The quantitative estimate of drug-likeness (QED) is 0.761. The Morgan fingerprint density at radius 2 is 2.00 bits per heavy atom. The zero-order valence-electron chi connectivity index (χ0n) is 12.3. The van der Waals surface area contributed by atoms with E-state index < -0.39 is 0 Å². The summed E-state index contributed by atoms with van der Waals surface area (Å²) >= 11 is 6.05. The summed E-state index contributed by atoms with van der Waals surface area (Å²) < 4.78 is 5.08. The van der Waals surface area contributed by atoms with E-state index in [0.29, 0.717) is 22.0 Å². The number of hydrogen-bond donors (Lipinski definition) is 2. The SMILES string of the molecule is COc1ccc(NC(=O)c2ccc(-c3ncc[nH]3)cc2)cc1Cl. The van der Waals surface area contributed by atoms with Crippen molar-refractivity contribution in [3.63, 3.8) is 0 Å². The van der Waals surface area contributed by atoms with Gasteiger partial charge in [0.1, 0.15) is 11.6 Å². The fourth-order valence-corrected chi connectivity index (χ4v) is 2.41. The Kier molecular flexibility index (Phi) is 4.30. The van der Waals surface area contributed by atoms with E-state index in [4.69, 9.17) is 16.3 Å². The molecule has 2 aromatic carbocycles. The summed E-state index contributed by atoms with van der Waals surface area (Å²) in [6.07, 6.45) is 3.44. The third kappa shape index (κ3) is 3.35. The molecule has 116 valence electrons. The van der Waals surface area contributed by atoms with Gasteiger partial charge in [0.2, 0.25) is 0 Å². The molecule has 0 fully saturated rings. The van der Waals surface area contributed by atoms with E-state index in [9.17, 15) is 4.79 Å². The summed E-state index contributed by atoms with van der Waals surface area (Å²) in [6.45, 7) is 0. The maximum Gasteiger partial charge on any atom is 0.255 e. The molecule has 0 bridgehead atoms. The summed E-state index contributed by atoms with van der Waals surface area (Å²) in [6, 6.07) is 12.3. The fraction of sp³-hybridized carbons (Fsp3) is 0.0588. The second kappa shape index (κ2) is 6.54. The number of aromatic nitrogens is 2. The van der Waals surface area contributed by atoms with E-state index in [1.807, 2.05) is 12.1 Å². The Balaban J connectivity index is 1.74. The molecule has 0 radical (unpaired) electrons. The van der Waals surface area contributed by atoms with Crippen LogP contribution in [0.3, 0.4) is 0 Å². The molecule has 0 unspecified atom stereocenters. The Morgan fingerprint density at radius 3 is 2.61 bits per heavy atom. The summed E-state index contributed by atoms with van der Waals surface area (Å²) in [7, 11) is 1.54. The number of ether oxygens (including phenoxy) is 1. The van der Waals surface area contributed by atoms with Crippen molar-refractivity contribution in [1.29, 1.82) is 0 Å². The standard InChI is InChI=1S/C17H14ClN3O2/c1-23-15-7-6-13(10-14(15)18)21-17(22)12-4-2-11(3-5-12)16-19-8-9-20-16/h2-10H,1H3,(H,19,20)(H,21,22). The summed E-state index contributed by atoms with van der Waals surface area (Å²) in [4.78, 5) is 19.5. The lowest BCUT2D eigenvalue weighted by Gasteiger charge is -2.08. The van der Waals surface area contributed by atoms with E-state index in [0.717, 1.165) is 11.4 Å². The topological polar surface area (TPSA) is 67.0 Å². The van der Waals surface area contributed by atoms with Gasteiger partial charge in [-0.3, -0.25) is 4.79 Å². The molecule has 5 nitrogen and oxygen atoms in total.